The van der Waals surface area contributed by atoms with Crippen molar-refractivity contribution in [2.24, 2.45) is 0 Å². The fraction of sp³-hybridized carbons (Fsp3) is 0.444. The Bertz CT molecular complexity index is 350. The molecule has 1 aromatic heterocycles. The van der Waals surface area contributed by atoms with Crippen molar-refractivity contribution in [2.75, 3.05) is 13.2 Å². The molecular formula is C9H11NO3S. The van der Waals surface area contributed by atoms with Gasteiger partial charge in [-0.2, -0.15) is 0 Å². The molecule has 1 fully saturated rings. The van der Waals surface area contributed by atoms with Crippen molar-refractivity contribution in [1.29, 1.82) is 0 Å². The summed E-state index contributed by atoms with van der Waals surface area (Å²) in [5.74, 6) is -0.167. The molecule has 4 nitrogen and oxygen atoms in total. The maximum absolute atomic E-state index is 11.7. The quantitative estimate of drug-likeness (QED) is 0.751. The van der Waals surface area contributed by atoms with Crippen molar-refractivity contribution in [3.63, 3.8) is 0 Å². The van der Waals surface area contributed by atoms with E-state index < -0.39 is 6.10 Å². The highest BCUT2D eigenvalue weighted by molar-refractivity contribution is 7.12. The second kappa shape index (κ2) is 3.68. The average Bonchev–Trinajstić information content (AvgIpc) is 2.73. The van der Waals surface area contributed by atoms with E-state index in [0.717, 1.165) is 5.56 Å². The lowest BCUT2D eigenvalue weighted by Crippen LogP contribution is -2.27. The molecule has 1 atom stereocenters. The van der Waals surface area contributed by atoms with Crippen LogP contribution in [-0.4, -0.2) is 35.3 Å². The largest absolute Gasteiger partial charge is 0.389 e. The number of carbonyl (C=O) groups excluding carboxylic acids is 1. The summed E-state index contributed by atoms with van der Waals surface area (Å²) < 4.78 is 0. The van der Waals surface area contributed by atoms with Crippen LogP contribution in [0.1, 0.15) is 15.2 Å². The molecule has 0 radical (unpaired) electrons. The first-order valence-corrected chi connectivity index (χ1v) is 5.23. The number of hydroxylamine groups is 2. The van der Waals surface area contributed by atoms with E-state index in [2.05, 4.69) is 0 Å². The van der Waals surface area contributed by atoms with E-state index in [0.29, 0.717) is 4.88 Å². The van der Waals surface area contributed by atoms with Crippen molar-refractivity contribution in [3.05, 3.63) is 21.9 Å². The van der Waals surface area contributed by atoms with Gasteiger partial charge in [0.15, 0.2) is 0 Å². The van der Waals surface area contributed by atoms with Crippen molar-refractivity contribution >= 4 is 17.2 Å². The molecule has 2 rings (SSSR count). The Hall–Kier alpha value is -0.910. The van der Waals surface area contributed by atoms with Gasteiger partial charge in [-0.25, -0.2) is 5.06 Å². The highest BCUT2D eigenvalue weighted by Crippen LogP contribution is 2.18. The molecule has 0 aliphatic carbocycles. The van der Waals surface area contributed by atoms with Crippen LogP contribution < -0.4 is 0 Å². The van der Waals surface area contributed by atoms with Crippen molar-refractivity contribution in [3.8, 4) is 0 Å². The summed E-state index contributed by atoms with van der Waals surface area (Å²) in [4.78, 5) is 17.4. The van der Waals surface area contributed by atoms with Gasteiger partial charge in [0.2, 0.25) is 0 Å². The molecule has 0 aromatic carbocycles. The molecule has 1 amide bonds. The fourth-order valence-corrected chi connectivity index (χ4v) is 2.12. The number of nitrogens with zero attached hydrogens (tertiary/aromatic N) is 1. The van der Waals surface area contributed by atoms with Crippen LogP contribution in [0.2, 0.25) is 0 Å². The summed E-state index contributed by atoms with van der Waals surface area (Å²) in [6, 6.07) is 1.82. The van der Waals surface area contributed by atoms with E-state index in [-0.39, 0.29) is 19.1 Å². The van der Waals surface area contributed by atoms with Gasteiger partial charge in [-0.15, -0.1) is 11.3 Å². The first-order chi connectivity index (χ1) is 6.66. The molecule has 0 spiro atoms. The molecule has 1 N–H and O–H groups in total. The number of thiophene rings is 1. The summed E-state index contributed by atoms with van der Waals surface area (Å²) in [5, 5.41) is 12.3. The SMILES string of the molecule is Cc1csc(C(=O)N2C[C@@H](O)CO2)c1. The number of carbonyl (C=O) groups is 1. The highest BCUT2D eigenvalue weighted by Gasteiger charge is 2.27. The number of β-amino-alcohol motifs (C(OH)–C–C–N with tert-alkyl or cyclic N) is 1. The van der Waals surface area contributed by atoms with Crippen LogP contribution in [0.25, 0.3) is 0 Å². The van der Waals surface area contributed by atoms with E-state index in [4.69, 9.17) is 4.84 Å². The molecule has 0 unspecified atom stereocenters. The smallest absolute Gasteiger partial charge is 0.287 e. The Balaban J connectivity index is 2.09. The van der Waals surface area contributed by atoms with Gasteiger partial charge in [-0.05, 0) is 23.9 Å². The van der Waals surface area contributed by atoms with Crippen LogP contribution in [0, 0.1) is 6.92 Å². The summed E-state index contributed by atoms with van der Waals surface area (Å²) in [6.07, 6.45) is -0.556. The number of aliphatic hydroxyl groups excluding tert-OH is 1. The molecule has 1 saturated heterocycles. The molecule has 5 heteroatoms. The average molecular weight is 213 g/mol. The molecular weight excluding hydrogens is 202 g/mol. The summed E-state index contributed by atoms with van der Waals surface area (Å²) >= 11 is 1.39. The van der Waals surface area contributed by atoms with Crippen LogP contribution >= 0.6 is 11.3 Å². The minimum absolute atomic E-state index is 0.167. The molecule has 0 bridgehead atoms. The minimum Gasteiger partial charge on any atom is -0.389 e. The third-order valence-corrected chi connectivity index (χ3v) is 3.00. The lowest BCUT2D eigenvalue weighted by Gasteiger charge is -2.11. The van der Waals surface area contributed by atoms with Crippen molar-refractivity contribution < 1.29 is 14.7 Å². The van der Waals surface area contributed by atoms with Crippen molar-refractivity contribution in [2.45, 2.75) is 13.0 Å². The van der Waals surface area contributed by atoms with E-state index in [1.54, 1.807) is 0 Å². The van der Waals surface area contributed by atoms with Crippen LogP contribution in [0.5, 0.6) is 0 Å². The zero-order chi connectivity index (χ0) is 10.1. The normalized spacial score (nSPS) is 21.6. The number of hydrogen-bond acceptors (Lipinski definition) is 4. The lowest BCUT2D eigenvalue weighted by atomic mass is 10.3. The first kappa shape index (κ1) is 9.64. The number of aryl methyl sites for hydroxylation is 1. The first-order valence-electron chi connectivity index (χ1n) is 4.35. The van der Waals surface area contributed by atoms with Gasteiger partial charge in [-0.3, -0.25) is 9.63 Å². The molecule has 1 aliphatic rings. The molecule has 2 heterocycles. The Morgan fingerprint density at radius 1 is 1.79 bits per heavy atom. The Morgan fingerprint density at radius 3 is 3.07 bits per heavy atom. The van der Waals surface area contributed by atoms with Crippen LogP contribution in [0.4, 0.5) is 0 Å². The van der Waals surface area contributed by atoms with E-state index in [9.17, 15) is 9.90 Å². The topological polar surface area (TPSA) is 49.8 Å². The van der Waals surface area contributed by atoms with Crippen LogP contribution in [0.15, 0.2) is 11.4 Å². The van der Waals surface area contributed by atoms with E-state index >= 15 is 0 Å². The predicted octanol–water partition coefficient (Wildman–Crippen LogP) is 0.805. The lowest BCUT2D eigenvalue weighted by molar-refractivity contribution is -0.0776. The fourth-order valence-electron chi connectivity index (χ4n) is 1.28. The summed E-state index contributed by atoms with van der Waals surface area (Å²) in [7, 11) is 0. The van der Waals surface area contributed by atoms with E-state index in [1.165, 1.54) is 16.4 Å². The van der Waals surface area contributed by atoms with Gasteiger partial charge < -0.3 is 5.11 Å². The molecule has 0 saturated carbocycles. The predicted molar refractivity (Wildman–Crippen MR) is 52.1 cm³/mol. The maximum Gasteiger partial charge on any atom is 0.287 e. The monoisotopic (exact) mass is 213 g/mol. The highest BCUT2D eigenvalue weighted by atomic mass is 32.1. The zero-order valence-corrected chi connectivity index (χ0v) is 8.58. The third-order valence-electron chi connectivity index (χ3n) is 1.97. The van der Waals surface area contributed by atoms with Gasteiger partial charge in [0.25, 0.3) is 5.91 Å². The number of amides is 1. The summed E-state index contributed by atoms with van der Waals surface area (Å²) in [5.41, 5.74) is 1.07. The Kier molecular flexibility index (Phi) is 2.54. The third kappa shape index (κ3) is 1.79. The zero-order valence-electron chi connectivity index (χ0n) is 7.77. The van der Waals surface area contributed by atoms with Gasteiger partial charge in [-0.1, -0.05) is 0 Å². The van der Waals surface area contributed by atoms with Gasteiger partial charge in [0.05, 0.1) is 11.4 Å². The molecule has 14 heavy (non-hydrogen) atoms. The van der Waals surface area contributed by atoms with Crippen molar-refractivity contribution in [1.82, 2.24) is 5.06 Å². The van der Waals surface area contributed by atoms with Gasteiger partial charge in [0, 0.05) is 0 Å². The Morgan fingerprint density at radius 2 is 2.57 bits per heavy atom. The number of aliphatic hydroxyl groups is 1. The van der Waals surface area contributed by atoms with Crippen LogP contribution in [0.3, 0.4) is 0 Å². The number of hydrogen-bond donors (Lipinski definition) is 1. The molecule has 76 valence electrons. The minimum atomic E-state index is -0.556. The van der Waals surface area contributed by atoms with Gasteiger partial charge in [0.1, 0.15) is 12.7 Å². The molecule has 1 aliphatic heterocycles. The molecule has 1 aromatic rings. The number of rotatable bonds is 1. The van der Waals surface area contributed by atoms with E-state index in [1.807, 2.05) is 18.4 Å². The second-order valence-corrected chi connectivity index (χ2v) is 4.22. The summed E-state index contributed by atoms with van der Waals surface area (Å²) in [6.45, 7) is 2.40. The Labute approximate surface area is 85.7 Å². The second-order valence-electron chi connectivity index (χ2n) is 3.30. The van der Waals surface area contributed by atoms with Gasteiger partial charge >= 0.3 is 0 Å². The standard InChI is InChI=1S/C9H11NO3S/c1-6-2-8(14-5-6)9(12)10-3-7(11)4-13-10/h2,5,7,11H,3-4H2,1H3/t7-/m1/s1. The maximum atomic E-state index is 11.7. The van der Waals surface area contributed by atoms with Crippen LogP contribution in [-0.2, 0) is 4.84 Å².